The Labute approximate surface area is 117 Å². The summed E-state index contributed by atoms with van der Waals surface area (Å²) in [6.07, 6.45) is 1.43. The summed E-state index contributed by atoms with van der Waals surface area (Å²) in [6.45, 7) is 1.99. The van der Waals surface area contributed by atoms with Gasteiger partial charge >= 0.3 is 0 Å². The van der Waals surface area contributed by atoms with Gasteiger partial charge in [-0.05, 0) is 30.7 Å². The van der Waals surface area contributed by atoms with Gasteiger partial charge in [0.05, 0.1) is 14.2 Å². The average molecular weight is 276 g/mol. The molecular formula is C15H17FN2O2. The summed E-state index contributed by atoms with van der Waals surface area (Å²) in [7, 11) is 3.19. The molecule has 20 heavy (non-hydrogen) atoms. The van der Waals surface area contributed by atoms with Gasteiger partial charge < -0.3 is 14.8 Å². The van der Waals surface area contributed by atoms with E-state index >= 15 is 0 Å². The quantitative estimate of drug-likeness (QED) is 0.850. The molecule has 0 spiro atoms. The zero-order valence-corrected chi connectivity index (χ0v) is 11.7. The lowest BCUT2D eigenvalue weighted by atomic mass is 10.1. The number of hydrogen-bond acceptors (Lipinski definition) is 4. The van der Waals surface area contributed by atoms with Gasteiger partial charge in [-0.15, -0.1) is 0 Å². The van der Waals surface area contributed by atoms with Crippen LogP contribution in [0.4, 0.5) is 10.1 Å². The fourth-order valence-corrected chi connectivity index (χ4v) is 1.95. The largest absolute Gasteiger partial charge is 0.493 e. The summed E-state index contributed by atoms with van der Waals surface area (Å²) >= 11 is 0. The molecule has 0 saturated heterocycles. The molecular weight excluding hydrogens is 259 g/mol. The van der Waals surface area contributed by atoms with Crippen molar-refractivity contribution in [1.29, 1.82) is 0 Å². The van der Waals surface area contributed by atoms with Crippen molar-refractivity contribution in [1.82, 2.24) is 4.98 Å². The SMILES string of the molecule is COc1ccc(C(C)Nc2ccnc(F)c2)cc1OC. The first-order valence-electron chi connectivity index (χ1n) is 6.24. The van der Waals surface area contributed by atoms with E-state index in [1.807, 2.05) is 25.1 Å². The van der Waals surface area contributed by atoms with Gasteiger partial charge in [-0.25, -0.2) is 4.98 Å². The summed E-state index contributed by atoms with van der Waals surface area (Å²) in [4.78, 5) is 3.53. The first-order valence-corrected chi connectivity index (χ1v) is 6.24. The molecule has 1 unspecified atom stereocenters. The predicted molar refractivity (Wildman–Crippen MR) is 75.8 cm³/mol. The predicted octanol–water partition coefficient (Wildman–Crippen LogP) is 3.41. The third-order valence-corrected chi connectivity index (χ3v) is 3.02. The molecule has 1 N–H and O–H groups in total. The molecule has 1 aromatic carbocycles. The third-order valence-electron chi connectivity index (χ3n) is 3.02. The number of benzene rings is 1. The van der Waals surface area contributed by atoms with Crippen molar-refractivity contribution >= 4 is 5.69 Å². The Hall–Kier alpha value is -2.30. The number of anilines is 1. The second-order valence-corrected chi connectivity index (χ2v) is 4.35. The van der Waals surface area contributed by atoms with Gasteiger partial charge in [0.1, 0.15) is 0 Å². The van der Waals surface area contributed by atoms with Crippen LogP contribution in [-0.4, -0.2) is 19.2 Å². The van der Waals surface area contributed by atoms with Gasteiger partial charge in [-0.3, -0.25) is 0 Å². The van der Waals surface area contributed by atoms with Crippen LogP contribution in [0.5, 0.6) is 11.5 Å². The standard InChI is InChI=1S/C15H17FN2O2/c1-10(18-12-6-7-17-15(16)9-12)11-4-5-13(19-2)14(8-11)20-3/h4-10H,1-3H3,(H,17,18). The Morgan fingerprint density at radius 1 is 1.10 bits per heavy atom. The maximum absolute atomic E-state index is 13.0. The molecule has 0 radical (unpaired) electrons. The number of halogens is 1. The van der Waals surface area contributed by atoms with Gasteiger partial charge in [0, 0.05) is 24.0 Å². The summed E-state index contributed by atoms with van der Waals surface area (Å²) in [5.74, 6) is 0.840. The van der Waals surface area contributed by atoms with Crippen LogP contribution in [-0.2, 0) is 0 Å². The molecule has 106 valence electrons. The Morgan fingerprint density at radius 2 is 1.85 bits per heavy atom. The second-order valence-electron chi connectivity index (χ2n) is 4.35. The molecule has 2 aromatic rings. The van der Waals surface area contributed by atoms with Crippen molar-refractivity contribution in [2.75, 3.05) is 19.5 Å². The highest BCUT2D eigenvalue weighted by Crippen LogP contribution is 2.30. The Morgan fingerprint density at radius 3 is 2.50 bits per heavy atom. The number of nitrogens with one attached hydrogen (secondary N) is 1. The zero-order valence-electron chi connectivity index (χ0n) is 11.7. The normalized spacial score (nSPS) is 11.8. The molecule has 0 aliphatic carbocycles. The molecule has 0 saturated carbocycles. The topological polar surface area (TPSA) is 43.4 Å². The third kappa shape index (κ3) is 3.17. The fraction of sp³-hybridized carbons (Fsp3) is 0.267. The van der Waals surface area contributed by atoms with E-state index < -0.39 is 5.95 Å². The van der Waals surface area contributed by atoms with Crippen LogP contribution in [0.3, 0.4) is 0 Å². The number of rotatable bonds is 5. The van der Waals surface area contributed by atoms with Gasteiger partial charge in [-0.2, -0.15) is 4.39 Å². The highest BCUT2D eigenvalue weighted by Gasteiger charge is 2.10. The van der Waals surface area contributed by atoms with E-state index in [0.29, 0.717) is 17.2 Å². The van der Waals surface area contributed by atoms with Crippen LogP contribution in [0, 0.1) is 5.95 Å². The maximum Gasteiger partial charge on any atom is 0.214 e. The summed E-state index contributed by atoms with van der Waals surface area (Å²) < 4.78 is 23.5. The van der Waals surface area contributed by atoms with Crippen molar-refractivity contribution in [2.45, 2.75) is 13.0 Å². The molecule has 5 heteroatoms. The number of nitrogens with zero attached hydrogens (tertiary/aromatic N) is 1. The average Bonchev–Trinajstić information content (AvgIpc) is 2.46. The number of ether oxygens (including phenoxy) is 2. The number of methoxy groups -OCH3 is 2. The van der Waals surface area contributed by atoms with E-state index in [9.17, 15) is 4.39 Å². The van der Waals surface area contributed by atoms with Crippen LogP contribution >= 0.6 is 0 Å². The van der Waals surface area contributed by atoms with Crippen LogP contribution in [0.15, 0.2) is 36.5 Å². The molecule has 1 aromatic heterocycles. The van der Waals surface area contributed by atoms with Crippen molar-refractivity contribution < 1.29 is 13.9 Å². The van der Waals surface area contributed by atoms with Crippen molar-refractivity contribution in [2.24, 2.45) is 0 Å². The van der Waals surface area contributed by atoms with Crippen LogP contribution in [0.2, 0.25) is 0 Å². The van der Waals surface area contributed by atoms with E-state index in [1.54, 1.807) is 20.3 Å². The summed E-state index contributed by atoms with van der Waals surface area (Å²) in [5.41, 5.74) is 1.69. The Balaban J connectivity index is 2.18. The first-order chi connectivity index (χ1) is 9.63. The van der Waals surface area contributed by atoms with Gasteiger partial charge in [0.25, 0.3) is 0 Å². The lowest BCUT2D eigenvalue weighted by molar-refractivity contribution is 0.354. The minimum atomic E-state index is -0.505. The van der Waals surface area contributed by atoms with Crippen molar-refractivity contribution in [3.8, 4) is 11.5 Å². The Bertz CT molecular complexity index is 590. The molecule has 0 bridgehead atoms. The lowest BCUT2D eigenvalue weighted by Crippen LogP contribution is -2.07. The van der Waals surface area contributed by atoms with Crippen molar-refractivity contribution in [3.05, 3.63) is 48.0 Å². The molecule has 0 aliphatic rings. The molecule has 0 amide bonds. The highest BCUT2D eigenvalue weighted by atomic mass is 19.1. The first kappa shape index (κ1) is 14.1. The van der Waals surface area contributed by atoms with E-state index in [0.717, 1.165) is 5.56 Å². The van der Waals surface area contributed by atoms with Crippen LogP contribution < -0.4 is 14.8 Å². The minimum Gasteiger partial charge on any atom is -0.493 e. The highest BCUT2D eigenvalue weighted by molar-refractivity contribution is 5.48. The van der Waals surface area contributed by atoms with Crippen molar-refractivity contribution in [3.63, 3.8) is 0 Å². The van der Waals surface area contributed by atoms with E-state index in [1.165, 1.54) is 12.3 Å². The number of hydrogen-bond donors (Lipinski definition) is 1. The number of aromatic nitrogens is 1. The second kappa shape index (κ2) is 6.23. The minimum absolute atomic E-state index is 0.00314. The summed E-state index contributed by atoms with van der Waals surface area (Å²) in [5, 5.41) is 3.21. The molecule has 2 rings (SSSR count). The molecule has 1 atom stereocenters. The van der Waals surface area contributed by atoms with E-state index in [2.05, 4.69) is 10.3 Å². The fourth-order valence-electron chi connectivity index (χ4n) is 1.95. The molecule has 0 aliphatic heterocycles. The van der Waals surface area contributed by atoms with Crippen LogP contribution in [0.1, 0.15) is 18.5 Å². The van der Waals surface area contributed by atoms with Gasteiger partial charge in [0.2, 0.25) is 5.95 Å². The monoisotopic (exact) mass is 276 g/mol. The smallest absolute Gasteiger partial charge is 0.214 e. The molecule has 1 heterocycles. The molecule has 4 nitrogen and oxygen atoms in total. The van der Waals surface area contributed by atoms with Gasteiger partial charge in [0.15, 0.2) is 11.5 Å². The molecule has 0 fully saturated rings. The lowest BCUT2D eigenvalue weighted by Gasteiger charge is -2.17. The Kier molecular flexibility index (Phi) is 4.40. The van der Waals surface area contributed by atoms with E-state index in [4.69, 9.17) is 9.47 Å². The number of pyridine rings is 1. The zero-order chi connectivity index (χ0) is 14.5. The van der Waals surface area contributed by atoms with E-state index in [-0.39, 0.29) is 6.04 Å². The van der Waals surface area contributed by atoms with Crippen LogP contribution in [0.25, 0.3) is 0 Å². The summed E-state index contributed by atoms with van der Waals surface area (Å²) in [6, 6.07) is 8.76. The van der Waals surface area contributed by atoms with Gasteiger partial charge in [-0.1, -0.05) is 6.07 Å². The maximum atomic E-state index is 13.0.